The van der Waals surface area contributed by atoms with Crippen LogP contribution in [-0.2, 0) is 13.0 Å². The minimum absolute atomic E-state index is 0.0731. The molecule has 2 aromatic rings. The summed E-state index contributed by atoms with van der Waals surface area (Å²) in [5, 5.41) is 4.13. The molecule has 0 saturated carbocycles. The Labute approximate surface area is 122 Å². The summed E-state index contributed by atoms with van der Waals surface area (Å²) >= 11 is 1.71. The smallest absolute Gasteiger partial charge is 0.270 e. The van der Waals surface area contributed by atoms with Crippen molar-refractivity contribution in [1.29, 1.82) is 0 Å². The van der Waals surface area contributed by atoms with Crippen molar-refractivity contribution in [2.45, 2.75) is 32.9 Å². The van der Waals surface area contributed by atoms with E-state index in [4.69, 9.17) is 10.5 Å². The van der Waals surface area contributed by atoms with Crippen LogP contribution in [0.25, 0.3) is 0 Å². The van der Waals surface area contributed by atoms with Crippen LogP contribution < -0.4 is 16.0 Å². The van der Waals surface area contributed by atoms with Crippen LogP contribution in [0.2, 0.25) is 0 Å². The van der Waals surface area contributed by atoms with Gasteiger partial charge in [0.2, 0.25) is 0 Å². The molecule has 0 aliphatic carbocycles. The van der Waals surface area contributed by atoms with E-state index in [1.165, 1.54) is 15.6 Å². The van der Waals surface area contributed by atoms with Gasteiger partial charge in [0, 0.05) is 21.9 Å². The van der Waals surface area contributed by atoms with Gasteiger partial charge >= 0.3 is 0 Å². The van der Waals surface area contributed by atoms with Gasteiger partial charge in [0.05, 0.1) is 12.7 Å². The summed E-state index contributed by atoms with van der Waals surface area (Å²) in [6.07, 6.45) is 2.56. The topological polar surface area (TPSA) is 70.1 Å². The Morgan fingerprint density at radius 3 is 2.80 bits per heavy atom. The van der Waals surface area contributed by atoms with Crippen molar-refractivity contribution in [2.24, 2.45) is 5.73 Å². The monoisotopic (exact) mass is 293 g/mol. The molecule has 20 heavy (non-hydrogen) atoms. The van der Waals surface area contributed by atoms with E-state index in [0.29, 0.717) is 18.9 Å². The Hall–Kier alpha value is -1.66. The van der Waals surface area contributed by atoms with Gasteiger partial charge < -0.3 is 10.5 Å². The van der Waals surface area contributed by atoms with E-state index >= 15 is 0 Å². The number of nitrogens with two attached hydrogens (primary N) is 1. The van der Waals surface area contributed by atoms with Crippen molar-refractivity contribution in [2.75, 3.05) is 6.61 Å². The third-order valence-electron chi connectivity index (χ3n) is 2.73. The summed E-state index contributed by atoms with van der Waals surface area (Å²) in [6, 6.07) is 5.50. The molecule has 0 fully saturated rings. The molecule has 0 aliphatic heterocycles. The third kappa shape index (κ3) is 3.91. The van der Waals surface area contributed by atoms with Crippen LogP contribution in [0.5, 0.6) is 5.75 Å². The number of hydrogen-bond donors (Lipinski definition) is 1. The van der Waals surface area contributed by atoms with E-state index in [-0.39, 0.29) is 11.6 Å². The fourth-order valence-electron chi connectivity index (χ4n) is 1.69. The normalized spacial score (nSPS) is 12.3. The molecule has 0 spiro atoms. The highest BCUT2D eigenvalue weighted by atomic mass is 32.1. The largest absolute Gasteiger partial charge is 0.490 e. The molecule has 0 bridgehead atoms. The highest BCUT2D eigenvalue weighted by molar-refractivity contribution is 7.11. The molecule has 2 N–H and O–H groups in total. The second kappa shape index (κ2) is 6.67. The maximum absolute atomic E-state index is 12.0. The van der Waals surface area contributed by atoms with Gasteiger partial charge in [0.1, 0.15) is 12.4 Å². The molecule has 2 aromatic heterocycles. The fourth-order valence-corrected chi connectivity index (χ4v) is 2.63. The van der Waals surface area contributed by atoms with E-state index < -0.39 is 0 Å². The molecular weight excluding hydrogens is 274 g/mol. The van der Waals surface area contributed by atoms with Crippen molar-refractivity contribution in [3.8, 4) is 5.75 Å². The zero-order valence-corrected chi connectivity index (χ0v) is 12.5. The zero-order valence-electron chi connectivity index (χ0n) is 11.7. The highest BCUT2D eigenvalue weighted by Crippen LogP contribution is 2.17. The SMILES string of the molecule is CCc1ccc(Cn2ncc(OCC(C)N)cc2=O)s1. The molecule has 0 aromatic carbocycles. The summed E-state index contributed by atoms with van der Waals surface area (Å²) < 4.78 is 6.81. The lowest BCUT2D eigenvalue weighted by Crippen LogP contribution is -2.26. The average molecular weight is 293 g/mol. The van der Waals surface area contributed by atoms with Gasteiger partial charge in [0.15, 0.2) is 0 Å². The number of aromatic nitrogens is 2. The zero-order chi connectivity index (χ0) is 14.5. The minimum atomic E-state index is -0.168. The Balaban J connectivity index is 2.07. The molecule has 0 amide bonds. The van der Waals surface area contributed by atoms with Gasteiger partial charge in [-0.05, 0) is 25.5 Å². The molecule has 108 valence electrons. The van der Waals surface area contributed by atoms with Crippen molar-refractivity contribution in [3.63, 3.8) is 0 Å². The van der Waals surface area contributed by atoms with Crippen LogP contribution in [0.3, 0.4) is 0 Å². The van der Waals surface area contributed by atoms with Crippen LogP contribution in [0.15, 0.2) is 29.2 Å². The average Bonchev–Trinajstić information content (AvgIpc) is 2.87. The van der Waals surface area contributed by atoms with Crippen molar-refractivity contribution in [1.82, 2.24) is 9.78 Å². The summed E-state index contributed by atoms with van der Waals surface area (Å²) in [5.41, 5.74) is 5.43. The molecule has 1 unspecified atom stereocenters. The van der Waals surface area contributed by atoms with Crippen molar-refractivity contribution in [3.05, 3.63) is 44.5 Å². The summed E-state index contributed by atoms with van der Waals surface area (Å²) in [6.45, 7) is 4.83. The van der Waals surface area contributed by atoms with Gasteiger partial charge in [-0.2, -0.15) is 5.10 Å². The Morgan fingerprint density at radius 1 is 1.45 bits per heavy atom. The van der Waals surface area contributed by atoms with Gasteiger partial charge in [-0.25, -0.2) is 4.68 Å². The lowest BCUT2D eigenvalue weighted by Gasteiger charge is -2.09. The van der Waals surface area contributed by atoms with E-state index in [0.717, 1.165) is 11.3 Å². The lowest BCUT2D eigenvalue weighted by atomic mass is 10.3. The summed E-state index contributed by atoms with van der Waals surface area (Å²) in [7, 11) is 0. The van der Waals surface area contributed by atoms with Crippen molar-refractivity contribution < 1.29 is 4.74 Å². The molecule has 0 radical (unpaired) electrons. The number of thiophene rings is 1. The number of rotatable bonds is 6. The Bertz CT molecular complexity index is 619. The number of ether oxygens (including phenoxy) is 1. The van der Waals surface area contributed by atoms with Crippen LogP contribution in [-0.4, -0.2) is 22.4 Å². The maximum Gasteiger partial charge on any atom is 0.270 e. The molecule has 5 nitrogen and oxygen atoms in total. The van der Waals surface area contributed by atoms with Gasteiger partial charge in [-0.3, -0.25) is 4.79 Å². The molecule has 0 saturated heterocycles. The summed E-state index contributed by atoms with van der Waals surface area (Å²) in [4.78, 5) is 14.4. The van der Waals surface area contributed by atoms with E-state index in [2.05, 4.69) is 18.1 Å². The second-order valence-electron chi connectivity index (χ2n) is 4.70. The maximum atomic E-state index is 12.0. The first-order valence-corrected chi connectivity index (χ1v) is 7.43. The summed E-state index contributed by atoms with van der Waals surface area (Å²) in [5.74, 6) is 0.462. The van der Waals surface area contributed by atoms with E-state index in [1.807, 2.05) is 13.0 Å². The minimum Gasteiger partial charge on any atom is -0.490 e. The predicted molar refractivity (Wildman–Crippen MR) is 80.4 cm³/mol. The quantitative estimate of drug-likeness (QED) is 0.879. The molecule has 6 heteroatoms. The highest BCUT2D eigenvalue weighted by Gasteiger charge is 2.05. The molecular formula is C14H19N3O2S. The molecule has 2 rings (SSSR count). The Kier molecular flexibility index (Phi) is 4.92. The Morgan fingerprint density at radius 2 is 2.20 bits per heavy atom. The van der Waals surface area contributed by atoms with Gasteiger partial charge in [0.25, 0.3) is 5.56 Å². The fraction of sp³-hybridized carbons (Fsp3) is 0.429. The standard InChI is InChI=1S/C14H19N3O2S/c1-3-12-4-5-13(20-12)8-17-14(18)6-11(7-16-17)19-9-10(2)15/h4-7,10H,3,8-9,15H2,1-2H3. The van der Waals surface area contributed by atoms with Crippen LogP contribution in [0.1, 0.15) is 23.6 Å². The molecule has 1 atom stereocenters. The second-order valence-corrected chi connectivity index (χ2v) is 5.95. The molecule has 0 aliphatic rings. The van der Waals surface area contributed by atoms with E-state index in [9.17, 15) is 4.79 Å². The van der Waals surface area contributed by atoms with Gasteiger partial charge in [-0.1, -0.05) is 6.92 Å². The third-order valence-corrected chi connectivity index (χ3v) is 3.94. The number of hydrogen-bond acceptors (Lipinski definition) is 5. The number of nitrogens with zero attached hydrogens (tertiary/aromatic N) is 2. The van der Waals surface area contributed by atoms with Gasteiger partial charge in [-0.15, -0.1) is 11.3 Å². The van der Waals surface area contributed by atoms with E-state index in [1.54, 1.807) is 17.5 Å². The van der Waals surface area contributed by atoms with Crippen LogP contribution in [0, 0.1) is 0 Å². The molecule has 2 heterocycles. The number of aryl methyl sites for hydroxylation is 1. The van der Waals surface area contributed by atoms with Crippen LogP contribution in [0.4, 0.5) is 0 Å². The lowest BCUT2D eigenvalue weighted by molar-refractivity contribution is 0.293. The first-order valence-electron chi connectivity index (χ1n) is 6.61. The van der Waals surface area contributed by atoms with Crippen molar-refractivity contribution >= 4 is 11.3 Å². The first kappa shape index (κ1) is 14.7. The van der Waals surface area contributed by atoms with Crippen LogP contribution >= 0.6 is 11.3 Å². The first-order chi connectivity index (χ1) is 9.58. The predicted octanol–water partition coefficient (Wildman–Crippen LogP) is 1.64.